The highest BCUT2D eigenvalue weighted by Crippen LogP contribution is 2.28. The largest absolute Gasteiger partial charge is 0.482 e. The number of aromatic nitrogens is 4. The molecule has 0 bridgehead atoms. The molecule has 0 spiro atoms. The van der Waals surface area contributed by atoms with Crippen molar-refractivity contribution in [1.29, 1.82) is 0 Å². The summed E-state index contributed by atoms with van der Waals surface area (Å²) in [4.78, 5) is 11.4. The normalized spacial score (nSPS) is 11.1. The van der Waals surface area contributed by atoms with Gasteiger partial charge in [-0.3, -0.25) is 0 Å². The second kappa shape index (κ2) is 6.27. The zero-order chi connectivity index (χ0) is 17.4. The lowest BCUT2D eigenvalue weighted by Gasteiger charge is -2.05. The fourth-order valence-corrected chi connectivity index (χ4v) is 2.79. The van der Waals surface area contributed by atoms with E-state index in [9.17, 15) is 0 Å². The number of fused-ring (bicyclic) bond motifs is 1. The Hall–Kier alpha value is -2.77. The molecule has 25 heavy (non-hydrogen) atoms. The van der Waals surface area contributed by atoms with Crippen LogP contribution in [-0.2, 0) is 6.61 Å². The number of nitrogens with one attached hydrogen (secondary N) is 1. The minimum Gasteiger partial charge on any atom is -0.482 e. The second-order valence-electron chi connectivity index (χ2n) is 5.23. The fraction of sp³-hybridized carbons (Fsp3) is 0.0625. The Balaban J connectivity index is 1.52. The van der Waals surface area contributed by atoms with Crippen LogP contribution in [0.15, 0.2) is 40.9 Å². The molecule has 9 heteroatoms. The van der Waals surface area contributed by atoms with Crippen molar-refractivity contribution in [2.75, 3.05) is 5.73 Å². The van der Waals surface area contributed by atoms with Crippen LogP contribution in [0.5, 0.6) is 5.75 Å². The van der Waals surface area contributed by atoms with Crippen molar-refractivity contribution in [3.8, 4) is 17.1 Å². The van der Waals surface area contributed by atoms with Gasteiger partial charge in [-0.2, -0.15) is 4.98 Å². The van der Waals surface area contributed by atoms with Gasteiger partial charge in [0.05, 0.1) is 16.1 Å². The van der Waals surface area contributed by atoms with Crippen molar-refractivity contribution in [2.45, 2.75) is 6.61 Å². The fourth-order valence-electron chi connectivity index (χ4n) is 2.33. The number of nitrogens with two attached hydrogens (primary N) is 1. The molecule has 2 aromatic heterocycles. The van der Waals surface area contributed by atoms with E-state index in [2.05, 4.69) is 20.1 Å². The molecular weight excluding hydrogens is 365 g/mol. The molecule has 0 aliphatic rings. The Kier molecular flexibility index (Phi) is 3.95. The van der Waals surface area contributed by atoms with Gasteiger partial charge in [0.2, 0.25) is 5.82 Å². The van der Waals surface area contributed by atoms with Gasteiger partial charge < -0.3 is 20.0 Å². The van der Waals surface area contributed by atoms with Crippen molar-refractivity contribution < 1.29 is 9.26 Å². The van der Waals surface area contributed by atoms with E-state index in [1.807, 2.05) is 18.2 Å². The molecule has 0 unspecified atom stereocenters. The highest BCUT2D eigenvalue weighted by molar-refractivity contribution is 6.35. The average molecular weight is 376 g/mol. The number of benzene rings is 2. The lowest BCUT2D eigenvalue weighted by molar-refractivity contribution is 0.243. The van der Waals surface area contributed by atoms with Crippen LogP contribution in [0.25, 0.3) is 22.4 Å². The molecule has 0 saturated carbocycles. The molecule has 2 heterocycles. The molecule has 4 aromatic rings. The van der Waals surface area contributed by atoms with Crippen LogP contribution in [0, 0.1) is 0 Å². The number of aromatic amines is 1. The third-order valence-electron chi connectivity index (χ3n) is 3.47. The Morgan fingerprint density at radius 2 is 2.00 bits per heavy atom. The molecule has 0 amide bonds. The predicted octanol–water partition coefficient (Wildman–Crippen LogP) is 4.08. The predicted molar refractivity (Wildman–Crippen MR) is 94.6 cm³/mol. The number of hydrogen-bond acceptors (Lipinski definition) is 6. The quantitative estimate of drug-likeness (QED) is 0.556. The number of halogens is 2. The van der Waals surface area contributed by atoms with Gasteiger partial charge in [0, 0.05) is 10.6 Å². The first-order chi connectivity index (χ1) is 12.1. The zero-order valence-corrected chi connectivity index (χ0v) is 14.2. The van der Waals surface area contributed by atoms with Crippen molar-refractivity contribution in [3.05, 3.63) is 52.3 Å². The SMILES string of the molecule is Nc1nc2ccc(-c3noc(COc4ccc(Cl)cc4Cl)n3)cc2[nH]1. The second-order valence-corrected chi connectivity index (χ2v) is 6.07. The molecule has 0 atom stereocenters. The molecule has 0 aliphatic heterocycles. The van der Waals surface area contributed by atoms with E-state index in [4.69, 9.17) is 38.2 Å². The molecular formula is C16H11Cl2N5O2. The molecule has 0 fully saturated rings. The highest BCUT2D eigenvalue weighted by Gasteiger charge is 2.12. The van der Waals surface area contributed by atoms with Crippen molar-refractivity contribution in [1.82, 2.24) is 20.1 Å². The number of rotatable bonds is 4. The summed E-state index contributed by atoms with van der Waals surface area (Å²) in [5, 5.41) is 4.91. The minimum atomic E-state index is 0.0909. The summed E-state index contributed by atoms with van der Waals surface area (Å²) in [5.74, 6) is 1.61. The molecule has 4 rings (SSSR count). The Morgan fingerprint density at radius 1 is 1.12 bits per heavy atom. The van der Waals surface area contributed by atoms with E-state index in [1.165, 1.54) is 0 Å². The first-order valence-electron chi connectivity index (χ1n) is 7.24. The number of imidazole rings is 1. The lowest BCUT2D eigenvalue weighted by atomic mass is 10.2. The third-order valence-corrected chi connectivity index (χ3v) is 4.00. The number of nitrogens with zero attached hydrogens (tertiary/aromatic N) is 3. The molecule has 0 saturated heterocycles. The van der Waals surface area contributed by atoms with E-state index < -0.39 is 0 Å². The van der Waals surface area contributed by atoms with E-state index >= 15 is 0 Å². The first-order valence-corrected chi connectivity index (χ1v) is 8.00. The van der Waals surface area contributed by atoms with E-state index in [0.717, 1.165) is 16.6 Å². The maximum absolute atomic E-state index is 6.06. The van der Waals surface area contributed by atoms with Gasteiger partial charge in [-0.05, 0) is 36.4 Å². The topological polar surface area (TPSA) is 103 Å². The number of hydrogen-bond donors (Lipinski definition) is 2. The summed E-state index contributed by atoms with van der Waals surface area (Å²) in [6.07, 6.45) is 0. The zero-order valence-electron chi connectivity index (χ0n) is 12.7. The lowest BCUT2D eigenvalue weighted by Crippen LogP contribution is -1.96. The van der Waals surface area contributed by atoms with Crippen LogP contribution in [0.1, 0.15) is 5.89 Å². The van der Waals surface area contributed by atoms with E-state index in [-0.39, 0.29) is 6.61 Å². The van der Waals surface area contributed by atoms with Crippen LogP contribution < -0.4 is 10.5 Å². The number of H-pyrrole nitrogens is 1. The van der Waals surface area contributed by atoms with Crippen LogP contribution in [-0.4, -0.2) is 20.1 Å². The first kappa shape index (κ1) is 15.7. The van der Waals surface area contributed by atoms with Crippen LogP contribution >= 0.6 is 23.2 Å². The smallest absolute Gasteiger partial charge is 0.264 e. The van der Waals surface area contributed by atoms with Gasteiger partial charge in [-0.1, -0.05) is 28.4 Å². The number of anilines is 1. The maximum Gasteiger partial charge on any atom is 0.264 e. The molecule has 0 radical (unpaired) electrons. The van der Waals surface area contributed by atoms with Crippen molar-refractivity contribution >= 4 is 40.2 Å². The molecule has 126 valence electrons. The summed E-state index contributed by atoms with van der Waals surface area (Å²) < 4.78 is 10.8. The van der Waals surface area contributed by atoms with Crippen LogP contribution in [0.4, 0.5) is 5.95 Å². The highest BCUT2D eigenvalue weighted by atomic mass is 35.5. The van der Waals surface area contributed by atoms with Crippen molar-refractivity contribution in [2.24, 2.45) is 0 Å². The standard InChI is InChI=1S/C16H11Cl2N5O2/c17-9-2-4-13(10(18)6-9)24-7-14-22-15(23-25-14)8-1-3-11-12(5-8)21-16(19)20-11/h1-6H,7H2,(H3,19,20,21). The van der Waals surface area contributed by atoms with Gasteiger partial charge in [0.15, 0.2) is 12.6 Å². The summed E-state index contributed by atoms with van der Waals surface area (Å²) in [6.45, 7) is 0.0909. The average Bonchev–Trinajstić information content (AvgIpc) is 3.18. The van der Waals surface area contributed by atoms with Crippen molar-refractivity contribution in [3.63, 3.8) is 0 Å². The molecule has 3 N–H and O–H groups in total. The third kappa shape index (κ3) is 3.24. The van der Waals surface area contributed by atoms with E-state index in [1.54, 1.807) is 18.2 Å². The molecule has 2 aromatic carbocycles. The summed E-state index contributed by atoms with van der Waals surface area (Å²) >= 11 is 11.9. The molecule has 0 aliphatic carbocycles. The summed E-state index contributed by atoms with van der Waals surface area (Å²) in [6, 6.07) is 10.5. The Morgan fingerprint density at radius 3 is 2.84 bits per heavy atom. The Bertz CT molecular complexity index is 1060. The monoisotopic (exact) mass is 375 g/mol. The Labute approximate surface area is 151 Å². The van der Waals surface area contributed by atoms with Crippen LogP contribution in [0.2, 0.25) is 10.0 Å². The maximum atomic E-state index is 6.06. The summed E-state index contributed by atoms with van der Waals surface area (Å²) in [7, 11) is 0. The van der Waals surface area contributed by atoms with Gasteiger partial charge >= 0.3 is 0 Å². The number of ether oxygens (including phenoxy) is 1. The minimum absolute atomic E-state index is 0.0909. The van der Waals surface area contributed by atoms with Gasteiger partial charge in [-0.15, -0.1) is 0 Å². The van der Waals surface area contributed by atoms with Gasteiger partial charge in [0.1, 0.15) is 5.75 Å². The van der Waals surface area contributed by atoms with Crippen LogP contribution in [0.3, 0.4) is 0 Å². The van der Waals surface area contributed by atoms with Gasteiger partial charge in [0.25, 0.3) is 5.89 Å². The van der Waals surface area contributed by atoms with Gasteiger partial charge in [-0.25, -0.2) is 4.98 Å². The van der Waals surface area contributed by atoms with E-state index in [0.29, 0.717) is 33.5 Å². The molecule has 7 nitrogen and oxygen atoms in total. The summed E-state index contributed by atoms with van der Waals surface area (Å²) in [5.41, 5.74) is 7.99. The number of nitrogen functional groups attached to an aromatic ring is 1.